The van der Waals surface area contributed by atoms with Gasteiger partial charge >= 0.3 is 11.9 Å². The molecule has 1 aliphatic rings. The molecule has 3 atom stereocenters. The van der Waals surface area contributed by atoms with Gasteiger partial charge < -0.3 is 9.84 Å². The van der Waals surface area contributed by atoms with Gasteiger partial charge in [-0.05, 0) is 13.3 Å². The number of ether oxygens (including phenoxy) is 1. The fourth-order valence-corrected chi connectivity index (χ4v) is 4.75. The summed E-state index contributed by atoms with van der Waals surface area (Å²) in [6.07, 6.45) is 0.298. The zero-order valence-electron chi connectivity index (χ0n) is 9.18. The predicted molar refractivity (Wildman–Crippen MR) is 71.0 cm³/mol. The highest BCUT2D eigenvalue weighted by Gasteiger charge is 2.52. The van der Waals surface area contributed by atoms with Gasteiger partial charge in [0.05, 0.1) is 19.1 Å². The predicted octanol–water partition coefficient (Wildman–Crippen LogP) is 1.60. The molecule has 0 spiro atoms. The monoisotopic (exact) mass is 369 g/mol. The highest BCUT2D eigenvalue weighted by atomic mass is 127. The maximum atomic E-state index is 11.8. The molecule has 1 heterocycles. The molecule has 1 N–H and O–H groups in total. The van der Waals surface area contributed by atoms with Crippen molar-refractivity contribution in [1.29, 1.82) is 5.26 Å². The van der Waals surface area contributed by atoms with E-state index in [0.29, 0.717) is 6.42 Å². The number of nitriles is 1. The molecule has 0 aromatic heterocycles. The Morgan fingerprint density at radius 2 is 2.35 bits per heavy atom. The lowest BCUT2D eigenvalue weighted by Gasteiger charge is -2.17. The molecular weight excluding hydrogens is 357 g/mol. The Morgan fingerprint density at radius 3 is 2.82 bits per heavy atom. The first-order valence-electron chi connectivity index (χ1n) is 5.07. The molecule has 0 aromatic carbocycles. The average Bonchev–Trinajstić information content (AvgIpc) is 2.57. The van der Waals surface area contributed by atoms with Crippen LogP contribution >= 0.6 is 34.4 Å². The van der Waals surface area contributed by atoms with E-state index in [1.165, 1.54) is 0 Å². The number of thioether (sulfide) groups is 1. The van der Waals surface area contributed by atoms with Gasteiger partial charge in [0.1, 0.15) is 0 Å². The second-order valence-electron chi connectivity index (χ2n) is 3.63. The van der Waals surface area contributed by atoms with E-state index in [1.807, 2.05) is 6.07 Å². The van der Waals surface area contributed by atoms with Gasteiger partial charge in [-0.25, -0.2) is 4.79 Å². The van der Waals surface area contributed by atoms with Crippen LogP contribution in [-0.2, 0) is 14.3 Å². The fourth-order valence-electron chi connectivity index (χ4n) is 1.62. The highest BCUT2D eigenvalue weighted by Crippen LogP contribution is 2.48. The maximum Gasteiger partial charge on any atom is 0.336 e. The van der Waals surface area contributed by atoms with Crippen molar-refractivity contribution in [2.75, 3.05) is 6.61 Å². The van der Waals surface area contributed by atoms with E-state index in [4.69, 9.17) is 15.1 Å². The van der Waals surface area contributed by atoms with Crippen LogP contribution in [-0.4, -0.2) is 37.6 Å². The summed E-state index contributed by atoms with van der Waals surface area (Å²) >= 11 is 3.21. The van der Waals surface area contributed by atoms with Crippen molar-refractivity contribution < 1.29 is 19.4 Å². The van der Waals surface area contributed by atoms with Crippen molar-refractivity contribution in [3.63, 3.8) is 0 Å². The van der Waals surface area contributed by atoms with Crippen molar-refractivity contribution in [2.24, 2.45) is 0 Å². The lowest BCUT2D eigenvalue weighted by atomic mass is 10.0. The molecule has 0 amide bonds. The Balaban J connectivity index is 2.82. The molecule has 7 heteroatoms. The largest absolute Gasteiger partial charge is 0.481 e. The van der Waals surface area contributed by atoms with Crippen LogP contribution in [0.5, 0.6) is 0 Å². The quantitative estimate of drug-likeness (QED) is 0.460. The van der Waals surface area contributed by atoms with Crippen LogP contribution in [0.4, 0.5) is 0 Å². The molecule has 1 fully saturated rings. The number of hydrogen-bond acceptors (Lipinski definition) is 5. The first kappa shape index (κ1) is 14.6. The van der Waals surface area contributed by atoms with Gasteiger partial charge in [0.15, 0.2) is 0 Å². The summed E-state index contributed by atoms with van der Waals surface area (Å²) in [6, 6.07) is 1.99. The van der Waals surface area contributed by atoms with Gasteiger partial charge in [-0.15, -0.1) is 11.8 Å². The zero-order valence-corrected chi connectivity index (χ0v) is 12.2. The number of halogens is 1. The summed E-state index contributed by atoms with van der Waals surface area (Å²) < 4.78 is 3.64. The first-order valence-corrected chi connectivity index (χ1v) is 7.20. The number of rotatable bonds is 4. The second kappa shape index (κ2) is 5.91. The SMILES string of the molecule is CCOC(=O)[C@]1(C#N)C[C@H](I)[C@H](CC(=O)O)S1. The number of hydrogen-bond donors (Lipinski definition) is 1. The first-order chi connectivity index (χ1) is 7.95. The Bertz CT molecular complexity index is 370. The van der Waals surface area contributed by atoms with E-state index in [-0.39, 0.29) is 22.2 Å². The minimum Gasteiger partial charge on any atom is -0.481 e. The van der Waals surface area contributed by atoms with E-state index in [2.05, 4.69) is 22.6 Å². The van der Waals surface area contributed by atoms with Gasteiger partial charge in [0.25, 0.3) is 0 Å². The normalized spacial score (nSPS) is 31.8. The lowest BCUT2D eigenvalue weighted by Crippen LogP contribution is -2.33. The number of nitrogens with zero attached hydrogens (tertiary/aromatic N) is 1. The number of carboxylic acids is 1. The Hall–Kier alpha value is -0.490. The Kier molecular flexibility index (Phi) is 5.06. The smallest absolute Gasteiger partial charge is 0.336 e. The fraction of sp³-hybridized carbons (Fsp3) is 0.700. The van der Waals surface area contributed by atoms with Crippen LogP contribution in [0.25, 0.3) is 0 Å². The second-order valence-corrected chi connectivity index (χ2v) is 6.77. The molecular formula is C10H12INO4S. The molecule has 0 aliphatic carbocycles. The molecule has 0 aromatic rings. The minimum atomic E-state index is -1.23. The molecule has 1 aliphatic heterocycles. The third-order valence-corrected chi connectivity index (χ3v) is 5.82. The average molecular weight is 369 g/mol. The third kappa shape index (κ3) is 3.25. The van der Waals surface area contributed by atoms with E-state index >= 15 is 0 Å². The van der Waals surface area contributed by atoms with E-state index in [0.717, 1.165) is 11.8 Å². The molecule has 0 bridgehead atoms. The van der Waals surface area contributed by atoms with Crippen LogP contribution in [0.1, 0.15) is 19.8 Å². The zero-order chi connectivity index (χ0) is 13.1. The number of carboxylic acid groups (broad SMARTS) is 1. The minimum absolute atomic E-state index is 0.0160. The van der Waals surface area contributed by atoms with Crippen LogP contribution in [0.15, 0.2) is 0 Å². The van der Waals surface area contributed by atoms with E-state index < -0.39 is 16.7 Å². The van der Waals surface area contributed by atoms with Gasteiger partial charge in [-0.2, -0.15) is 5.26 Å². The number of aliphatic carboxylic acids is 1. The van der Waals surface area contributed by atoms with Crippen molar-refractivity contribution >= 4 is 46.3 Å². The maximum absolute atomic E-state index is 11.8. The summed E-state index contributed by atoms with van der Waals surface area (Å²) in [6.45, 7) is 1.90. The third-order valence-electron chi connectivity index (χ3n) is 2.40. The number of carbonyl (C=O) groups is 2. The summed E-state index contributed by atoms with van der Waals surface area (Å²) in [7, 11) is 0. The topological polar surface area (TPSA) is 87.4 Å². The summed E-state index contributed by atoms with van der Waals surface area (Å²) in [5.41, 5.74) is 0. The number of esters is 1. The molecule has 94 valence electrons. The van der Waals surface area contributed by atoms with Crippen LogP contribution in [0.2, 0.25) is 0 Å². The van der Waals surface area contributed by atoms with Crippen LogP contribution in [0.3, 0.4) is 0 Å². The molecule has 1 rings (SSSR count). The molecule has 17 heavy (non-hydrogen) atoms. The summed E-state index contributed by atoms with van der Waals surface area (Å²) in [4.78, 5) is 22.4. The Morgan fingerprint density at radius 1 is 1.71 bits per heavy atom. The van der Waals surface area contributed by atoms with Crippen molar-refractivity contribution in [3.05, 3.63) is 0 Å². The number of carbonyl (C=O) groups excluding carboxylic acids is 1. The highest BCUT2D eigenvalue weighted by molar-refractivity contribution is 14.1. The lowest BCUT2D eigenvalue weighted by molar-refractivity contribution is -0.144. The van der Waals surface area contributed by atoms with Gasteiger partial charge in [-0.3, -0.25) is 4.79 Å². The summed E-state index contributed by atoms with van der Waals surface area (Å²) in [5.74, 6) is -1.47. The standard InChI is InChI=1S/C10H12INO4S/c1-2-16-9(15)10(5-12)4-6(11)7(17-10)3-8(13)14/h6-7H,2-4H2,1H3,(H,13,14)/t6-,7-,10+/m0/s1. The molecule has 0 saturated carbocycles. The van der Waals surface area contributed by atoms with E-state index in [9.17, 15) is 9.59 Å². The Labute approximate surface area is 117 Å². The van der Waals surface area contributed by atoms with Crippen molar-refractivity contribution in [3.8, 4) is 6.07 Å². The molecule has 0 unspecified atom stereocenters. The van der Waals surface area contributed by atoms with Crippen molar-refractivity contribution in [1.82, 2.24) is 0 Å². The molecule has 1 saturated heterocycles. The molecule has 5 nitrogen and oxygen atoms in total. The van der Waals surface area contributed by atoms with Gasteiger partial charge in [0, 0.05) is 9.17 Å². The van der Waals surface area contributed by atoms with Crippen LogP contribution < -0.4 is 0 Å². The van der Waals surface area contributed by atoms with Crippen molar-refractivity contribution in [2.45, 2.75) is 33.7 Å². The number of alkyl halides is 1. The summed E-state index contributed by atoms with van der Waals surface area (Å²) in [5, 5.41) is 17.7. The van der Waals surface area contributed by atoms with Crippen LogP contribution in [0, 0.1) is 11.3 Å². The van der Waals surface area contributed by atoms with Gasteiger partial charge in [0.2, 0.25) is 4.75 Å². The van der Waals surface area contributed by atoms with Gasteiger partial charge in [-0.1, -0.05) is 22.6 Å². The van der Waals surface area contributed by atoms with E-state index in [1.54, 1.807) is 6.92 Å². The molecule has 0 radical (unpaired) electrons.